The molecule has 34 heavy (non-hydrogen) atoms. The number of carbonyl (C=O) groups excluding carboxylic acids is 2. The molecule has 0 bridgehead atoms. The summed E-state index contributed by atoms with van der Waals surface area (Å²) in [6.07, 6.45) is 0. The molecule has 0 N–H and O–H groups in total. The Bertz CT molecular complexity index is 821. The molecule has 18 unspecified atom stereocenters. The summed E-state index contributed by atoms with van der Waals surface area (Å²) in [5.41, 5.74) is 0. The topological polar surface area (TPSA) is 34.1 Å². The van der Waals surface area contributed by atoms with Crippen LogP contribution in [0, 0.1) is 118 Å². The lowest BCUT2D eigenvalue weighted by atomic mass is 9.44. The second kappa shape index (κ2) is 7.44. The minimum absolute atomic E-state index is 0.0112. The van der Waals surface area contributed by atoms with Crippen LogP contribution in [0.2, 0.25) is 0 Å². The molecule has 2 heteroatoms. The lowest BCUT2D eigenvalue weighted by molar-refractivity contribution is -0.140. The van der Waals surface area contributed by atoms with Gasteiger partial charge in [0.05, 0.1) is 0 Å². The number of Topliss-reactive ketones (excluding diaryl/α,β-unsaturated/α-hetero) is 2. The summed E-state index contributed by atoms with van der Waals surface area (Å²) in [6, 6.07) is 0. The zero-order chi connectivity index (χ0) is 24.7. The third-order valence-corrected chi connectivity index (χ3v) is 14.9. The maximum Gasteiger partial charge on any atom is 0.202 e. The SMILES string of the molecule is CC1C(C)C(C)C2C(C)C3C(C(C)C2C1C)C1C(C)C(C)C2C(=O)C(=O)C4C(C)C(C)C3C1C24. The molecule has 0 saturated heterocycles. The van der Waals surface area contributed by atoms with Crippen molar-refractivity contribution < 1.29 is 9.59 Å². The van der Waals surface area contributed by atoms with Crippen LogP contribution in [0.1, 0.15) is 69.2 Å². The Morgan fingerprint density at radius 3 is 0.941 bits per heavy atom. The van der Waals surface area contributed by atoms with Crippen LogP contribution in [-0.4, -0.2) is 11.6 Å². The largest absolute Gasteiger partial charge is 0.291 e. The maximum absolute atomic E-state index is 13.4. The van der Waals surface area contributed by atoms with E-state index in [4.69, 9.17) is 0 Å². The molecule has 0 aromatic heterocycles. The van der Waals surface area contributed by atoms with Crippen molar-refractivity contribution in [2.45, 2.75) is 69.2 Å². The first-order valence-electron chi connectivity index (χ1n) is 15.0. The minimum Gasteiger partial charge on any atom is -0.291 e. The van der Waals surface area contributed by atoms with Crippen LogP contribution in [0.25, 0.3) is 0 Å². The molecule has 190 valence electrons. The van der Waals surface area contributed by atoms with E-state index in [2.05, 4.69) is 69.2 Å². The van der Waals surface area contributed by atoms with Gasteiger partial charge in [0.15, 0.2) is 0 Å². The normalized spacial score (nSPS) is 66.6. The summed E-state index contributed by atoms with van der Waals surface area (Å²) in [6.45, 7) is 25.1. The molecule has 0 spiro atoms. The number of carbonyl (C=O) groups is 2. The van der Waals surface area contributed by atoms with Gasteiger partial charge in [0.2, 0.25) is 11.6 Å². The van der Waals surface area contributed by atoms with E-state index in [9.17, 15) is 9.59 Å². The zero-order valence-corrected chi connectivity index (χ0v) is 23.4. The molecule has 6 aliphatic carbocycles. The van der Waals surface area contributed by atoms with Crippen LogP contribution in [-0.2, 0) is 9.59 Å². The third-order valence-electron chi connectivity index (χ3n) is 14.9. The lowest BCUT2D eigenvalue weighted by Gasteiger charge is -2.60. The molecule has 0 heterocycles. The number of ketones is 2. The summed E-state index contributed by atoms with van der Waals surface area (Å²) in [7, 11) is 0. The molecular weight excluding hydrogens is 416 g/mol. The number of rotatable bonds is 0. The summed E-state index contributed by atoms with van der Waals surface area (Å²) in [5, 5.41) is 0. The molecule has 2 nitrogen and oxygen atoms in total. The second-order valence-electron chi connectivity index (χ2n) is 15.0. The minimum atomic E-state index is 0.0112. The summed E-state index contributed by atoms with van der Waals surface area (Å²) < 4.78 is 0. The van der Waals surface area contributed by atoms with Crippen molar-refractivity contribution in [1.82, 2.24) is 0 Å². The fourth-order valence-corrected chi connectivity index (χ4v) is 13.0. The van der Waals surface area contributed by atoms with Gasteiger partial charge in [-0.3, -0.25) is 9.59 Å². The highest BCUT2D eigenvalue weighted by Crippen LogP contribution is 2.74. The molecular formula is C32H50O2. The van der Waals surface area contributed by atoms with E-state index in [1.54, 1.807) is 0 Å². The van der Waals surface area contributed by atoms with E-state index in [0.29, 0.717) is 47.3 Å². The Balaban J connectivity index is 1.51. The van der Waals surface area contributed by atoms with Crippen LogP contribution in [0.15, 0.2) is 0 Å². The summed E-state index contributed by atoms with van der Waals surface area (Å²) in [4.78, 5) is 26.8. The first kappa shape index (κ1) is 23.7. The molecule has 0 amide bonds. The summed E-state index contributed by atoms with van der Waals surface area (Å²) >= 11 is 0. The van der Waals surface area contributed by atoms with E-state index in [1.165, 1.54) is 0 Å². The van der Waals surface area contributed by atoms with Gasteiger partial charge in [0.1, 0.15) is 0 Å². The lowest BCUT2D eigenvalue weighted by Crippen LogP contribution is -2.56. The molecule has 0 radical (unpaired) electrons. The number of fused-ring (bicyclic) bond motifs is 4. The average molecular weight is 467 g/mol. The highest BCUT2D eigenvalue weighted by molar-refractivity contribution is 6.41. The predicted octanol–water partition coefficient (Wildman–Crippen LogP) is 6.73. The van der Waals surface area contributed by atoms with Gasteiger partial charge in [0.25, 0.3) is 0 Å². The Hall–Kier alpha value is -0.660. The molecule has 0 aromatic rings. The average Bonchev–Trinajstić information content (AvgIpc) is 3.29. The summed E-state index contributed by atoms with van der Waals surface area (Å²) in [5.74, 6) is 12.1. The fourth-order valence-electron chi connectivity index (χ4n) is 13.0. The molecule has 0 aliphatic heterocycles. The maximum atomic E-state index is 13.4. The molecule has 18 atom stereocenters. The van der Waals surface area contributed by atoms with Crippen LogP contribution >= 0.6 is 0 Å². The van der Waals surface area contributed by atoms with E-state index < -0.39 is 0 Å². The van der Waals surface area contributed by atoms with Gasteiger partial charge in [-0.05, 0) is 107 Å². The first-order valence-corrected chi connectivity index (χ1v) is 15.0. The van der Waals surface area contributed by atoms with Crippen LogP contribution in [0.3, 0.4) is 0 Å². The Labute approximate surface area is 208 Å². The van der Waals surface area contributed by atoms with Crippen molar-refractivity contribution in [3.05, 3.63) is 0 Å². The van der Waals surface area contributed by atoms with E-state index in [0.717, 1.165) is 59.2 Å². The molecule has 6 saturated carbocycles. The van der Waals surface area contributed by atoms with Crippen LogP contribution in [0.5, 0.6) is 0 Å². The Morgan fingerprint density at radius 2 is 0.588 bits per heavy atom. The van der Waals surface area contributed by atoms with Crippen molar-refractivity contribution in [3.63, 3.8) is 0 Å². The molecule has 6 aliphatic rings. The smallest absolute Gasteiger partial charge is 0.202 e. The highest BCUT2D eigenvalue weighted by atomic mass is 16.2. The van der Waals surface area contributed by atoms with Crippen molar-refractivity contribution in [3.8, 4) is 0 Å². The van der Waals surface area contributed by atoms with Gasteiger partial charge < -0.3 is 0 Å². The first-order chi connectivity index (χ1) is 15.9. The monoisotopic (exact) mass is 466 g/mol. The van der Waals surface area contributed by atoms with Crippen LogP contribution in [0.4, 0.5) is 0 Å². The van der Waals surface area contributed by atoms with Gasteiger partial charge in [-0.25, -0.2) is 0 Å². The second-order valence-corrected chi connectivity index (χ2v) is 15.0. The van der Waals surface area contributed by atoms with Crippen LogP contribution < -0.4 is 0 Å². The Morgan fingerprint density at radius 1 is 0.294 bits per heavy atom. The van der Waals surface area contributed by atoms with E-state index >= 15 is 0 Å². The van der Waals surface area contributed by atoms with Gasteiger partial charge in [0, 0.05) is 11.8 Å². The predicted molar refractivity (Wildman–Crippen MR) is 137 cm³/mol. The quantitative estimate of drug-likeness (QED) is 0.371. The zero-order valence-electron chi connectivity index (χ0n) is 23.4. The van der Waals surface area contributed by atoms with Gasteiger partial charge in [-0.1, -0.05) is 69.2 Å². The van der Waals surface area contributed by atoms with Crippen molar-refractivity contribution in [2.75, 3.05) is 0 Å². The standard InChI is InChI=1S/C32H50O2/c1-11-12(2)14(4)22-20(10)26-24-16(6)18(8)28-30-27(31(33)32(28)34)17(7)15(5)23(29(24)30)25(26)19(9)21(22)13(11)3/h11-30H,1-10H3. The fraction of sp³-hybridized carbons (Fsp3) is 0.938. The van der Waals surface area contributed by atoms with Gasteiger partial charge >= 0.3 is 0 Å². The van der Waals surface area contributed by atoms with Crippen molar-refractivity contribution in [1.29, 1.82) is 0 Å². The van der Waals surface area contributed by atoms with E-state index in [-0.39, 0.29) is 23.4 Å². The van der Waals surface area contributed by atoms with Gasteiger partial charge in [-0.15, -0.1) is 0 Å². The van der Waals surface area contributed by atoms with E-state index in [1.807, 2.05) is 0 Å². The highest BCUT2D eigenvalue weighted by Gasteiger charge is 2.73. The molecule has 6 rings (SSSR count). The number of hydrogen-bond acceptors (Lipinski definition) is 2. The Kier molecular flexibility index (Phi) is 5.19. The van der Waals surface area contributed by atoms with Crippen molar-refractivity contribution in [2.24, 2.45) is 118 Å². The van der Waals surface area contributed by atoms with Crippen molar-refractivity contribution >= 4 is 11.6 Å². The molecule has 0 aromatic carbocycles. The molecule has 6 fully saturated rings. The third kappa shape index (κ3) is 2.50. The van der Waals surface area contributed by atoms with Gasteiger partial charge in [-0.2, -0.15) is 0 Å². The number of hydrogen-bond donors (Lipinski definition) is 0.